The number of hydrogen-bond acceptors (Lipinski definition) is 4. The average molecular weight is 324 g/mol. The third kappa shape index (κ3) is 3.89. The molecular formula is C14H16N2O3S2. The highest BCUT2D eigenvalue weighted by molar-refractivity contribution is 7.98. The summed E-state index contributed by atoms with van der Waals surface area (Å²) < 4.78 is 1.84. The Hall–Kier alpha value is -1.73. The van der Waals surface area contributed by atoms with Crippen LogP contribution >= 0.6 is 23.1 Å². The SMILES string of the molecule is CSCCC(NC(=O)c1sccc1-n1cccc1)C(=O)O. The normalized spacial score (nSPS) is 12.0. The van der Waals surface area contributed by atoms with E-state index in [1.165, 1.54) is 11.3 Å². The quantitative estimate of drug-likeness (QED) is 0.821. The molecule has 1 unspecified atom stereocenters. The van der Waals surface area contributed by atoms with Crippen molar-refractivity contribution in [3.8, 4) is 5.69 Å². The maximum Gasteiger partial charge on any atom is 0.326 e. The fourth-order valence-corrected chi connectivity index (χ4v) is 3.15. The van der Waals surface area contributed by atoms with Gasteiger partial charge in [0.1, 0.15) is 10.9 Å². The highest BCUT2D eigenvalue weighted by atomic mass is 32.2. The van der Waals surface area contributed by atoms with Crippen LogP contribution in [0.4, 0.5) is 0 Å². The zero-order chi connectivity index (χ0) is 15.2. The van der Waals surface area contributed by atoms with E-state index >= 15 is 0 Å². The van der Waals surface area contributed by atoms with Gasteiger partial charge in [-0.1, -0.05) is 0 Å². The standard InChI is InChI=1S/C14H16N2O3S2/c1-20-8-4-10(14(18)19)15-13(17)12-11(5-9-21-12)16-6-2-3-7-16/h2-3,5-7,9-10H,4,8H2,1H3,(H,15,17)(H,18,19). The Kier molecular flexibility index (Phi) is 5.46. The van der Waals surface area contributed by atoms with E-state index in [0.717, 1.165) is 5.69 Å². The van der Waals surface area contributed by atoms with Gasteiger partial charge in [-0.3, -0.25) is 4.79 Å². The maximum absolute atomic E-state index is 12.3. The van der Waals surface area contributed by atoms with Crippen LogP contribution in [0.15, 0.2) is 36.0 Å². The van der Waals surface area contributed by atoms with Crippen LogP contribution in [0.25, 0.3) is 5.69 Å². The van der Waals surface area contributed by atoms with Crippen LogP contribution in [0.2, 0.25) is 0 Å². The van der Waals surface area contributed by atoms with Gasteiger partial charge >= 0.3 is 5.97 Å². The second kappa shape index (κ2) is 7.33. The van der Waals surface area contributed by atoms with Gasteiger partial charge in [-0.05, 0) is 42.0 Å². The number of aromatic nitrogens is 1. The fourth-order valence-electron chi connectivity index (χ4n) is 1.89. The van der Waals surface area contributed by atoms with Gasteiger partial charge in [0, 0.05) is 12.4 Å². The summed E-state index contributed by atoms with van der Waals surface area (Å²) in [5.74, 6) is -0.662. The summed E-state index contributed by atoms with van der Waals surface area (Å²) in [5, 5.41) is 13.6. The lowest BCUT2D eigenvalue weighted by atomic mass is 10.2. The first kappa shape index (κ1) is 15.7. The molecule has 0 saturated carbocycles. The summed E-state index contributed by atoms with van der Waals surface area (Å²) in [6.45, 7) is 0. The van der Waals surface area contributed by atoms with Crippen LogP contribution in [-0.4, -0.2) is 39.6 Å². The van der Waals surface area contributed by atoms with E-state index in [0.29, 0.717) is 17.1 Å². The number of nitrogens with zero attached hydrogens (tertiary/aromatic N) is 1. The van der Waals surface area contributed by atoms with Crippen LogP contribution in [-0.2, 0) is 4.79 Å². The first-order valence-electron chi connectivity index (χ1n) is 6.37. The molecule has 0 radical (unpaired) electrons. The summed E-state index contributed by atoms with van der Waals surface area (Å²) in [6, 6.07) is 4.73. The molecular weight excluding hydrogens is 308 g/mol. The number of carbonyl (C=O) groups is 2. The van der Waals surface area contributed by atoms with E-state index < -0.39 is 12.0 Å². The molecule has 0 saturated heterocycles. The summed E-state index contributed by atoms with van der Waals surface area (Å²) in [5.41, 5.74) is 0.761. The van der Waals surface area contributed by atoms with Crippen molar-refractivity contribution in [2.45, 2.75) is 12.5 Å². The number of thiophene rings is 1. The smallest absolute Gasteiger partial charge is 0.326 e. The predicted octanol–water partition coefficient (Wildman–Crippen LogP) is 2.47. The van der Waals surface area contributed by atoms with E-state index in [4.69, 9.17) is 0 Å². The van der Waals surface area contributed by atoms with E-state index in [2.05, 4.69) is 5.32 Å². The summed E-state index contributed by atoms with van der Waals surface area (Å²) in [7, 11) is 0. The van der Waals surface area contributed by atoms with Crippen LogP contribution < -0.4 is 5.32 Å². The molecule has 0 aliphatic carbocycles. The molecule has 1 atom stereocenters. The van der Waals surface area contributed by atoms with Gasteiger partial charge in [-0.15, -0.1) is 11.3 Å². The predicted molar refractivity (Wildman–Crippen MR) is 85.5 cm³/mol. The second-order valence-electron chi connectivity index (χ2n) is 4.37. The topological polar surface area (TPSA) is 71.3 Å². The first-order chi connectivity index (χ1) is 10.1. The average Bonchev–Trinajstić information content (AvgIpc) is 3.11. The number of hydrogen-bond donors (Lipinski definition) is 2. The summed E-state index contributed by atoms with van der Waals surface area (Å²) >= 11 is 2.86. The molecule has 2 N–H and O–H groups in total. The van der Waals surface area contributed by atoms with Crippen molar-refractivity contribution in [3.05, 3.63) is 40.8 Å². The molecule has 0 aliphatic heterocycles. The molecule has 0 aromatic carbocycles. The Bertz CT molecular complexity index is 608. The minimum absolute atomic E-state index is 0.345. The molecule has 0 aliphatic rings. The summed E-state index contributed by atoms with van der Waals surface area (Å²) in [4.78, 5) is 24.0. The van der Waals surface area contributed by atoms with Crippen LogP contribution in [0.1, 0.15) is 16.1 Å². The van der Waals surface area contributed by atoms with Crippen LogP contribution in [0, 0.1) is 0 Å². The minimum atomic E-state index is -1.00. The molecule has 5 nitrogen and oxygen atoms in total. The lowest BCUT2D eigenvalue weighted by molar-refractivity contribution is -0.139. The Morgan fingerprint density at radius 3 is 2.76 bits per heavy atom. The number of amides is 1. The van der Waals surface area contributed by atoms with E-state index in [9.17, 15) is 14.7 Å². The van der Waals surface area contributed by atoms with E-state index in [-0.39, 0.29) is 5.91 Å². The number of carboxylic acids is 1. The molecule has 2 aromatic rings. The largest absolute Gasteiger partial charge is 0.480 e. The molecule has 1 amide bonds. The van der Waals surface area contributed by atoms with Crippen LogP contribution in [0.3, 0.4) is 0 Å². The molecule has 2 heterocycles. The Labute approximate surface area is 131 Å². The van der Waals surface area contributed by atoms with Gasteiger partial charge in [0.25, 0.3) is 5.91 Å². The Morgan fingerprint density at radius 2 is 2.14 bits per heavy atom. The minimum Gasteiger partial charge on any atom is -0.480 e. The molecule has 112 valence electrons. The van der Waals surface area contributed by atoms with Crippen molar-refractivity contribution in [2.24, 2.45) is 0 Å². The van der Waals surface area contributed by atoms with Gasteiger partial charge in [0.2, 0.25) is 0 Å². The molecule has 0 spiro atoms. The van der Waals surface area contributed by atoms with Gasteiger partial charge in [-0.25, -0.2) is 4.79 Å². The van der Waals surface area contributed by atoms with Gasteiger partial charge in [0.15, 0.2) is 0 Å². The summed E-state index contributed by atoms with van der Waals surface area (Å²) in [6.07, 6.45) is 6.01. The highest BCUT2D eigenvalue weighted by Crippen LogP contribution is 2.21. The van der Waals surface area contributed by atoms with E-state index in [1.54, 1.807) is 11.8 Å². The number of aliphatic carboxylic acids is 1. The Morgan fingerprint density at radius 1 is 1.43 bits per heavy atom. The Balaban J connectivity index is 2.13. The molecule has 0 bridgehead atoms. The lowest BCUT2D eigenvalue weighted by Gasteiger charge is -2.14. The van der Waals surface area contributed by atoms with Gasteiger partial charge in [0.05, 0.1) is 5.69 Å². The van der Waals surface area contributed by atoms with Gasteiger partial charge in [-0.2, -0.15) is 11.8 Å². The third-order valence-electron chi connectivity index (χ3n) is 2.95. The number of carboxylic acid groups (broad SMARTS) is 1. The molecule has 21 heavy (non-hydrogen) atoms. The van der Waals surface area contributed by atoms with Gasteiger partial charge < -0.3 is 15.0 Å². The monoisotopic (exact) mass is 324 g/mol. The molecule has 2 rings (SSSR count). The molecule has 0 fully saturated rings. The number of nitrogens with one attached hydrogen (secondary N) is 1. The highest BCUT2D eigenvalue weighted by Gasteiger charge is 2.22. The number of thioether (sulfide) groups is 1. The number of carbonyl (C=O) groups excluding carboxylic acids is 1. The van der Waals surface area contributed by atoms with Crippen molar-refractivity contribution in [2.75, 3.05) is 12.0 Å². The molecule has 7 heteroatoms. The van der Waals surface area contributed by atoms with Crippen molar-refractivity contribution >= 4 is 35.0 Å². The van der Waals surface area contributed by atoms with Crippen molar-refractivity contribution < 1.29 is 14.7 Å². The third-order valence-corrected chi connectivity index (χ3v) is 4.49. The zero-order valence-corrected chi connectivity index (χ0v) is 13.1. The van der Waals surface area contributed by atoms with Crippen molar-refractivity contribution in [3.63, 3.8) is 0 Å². The lowest BCUT2D eigenvalue weighted by Crippen LogP contribution is -2.41. The first-order valence-corrected chi connectivity index (χ1v) is 8.64. The zero-order valence-electron chi connectivity index (χ0n) is 11.5. The van der Waals surface area contributed by atoms with Crippen LogP contribution in [0.5, 0.6) is 0 Å². The maximum atomic E-state index is 12.3. The second-order valence-corrected chi connectivity index (χ2v) is 6.27. The molecule has 2 aromatic heterocycles. The number of rotatable bonds is 7. The van der Waals surface area contributed by atoms with Crippen molar-refractivity contribution in [1.82, 2.24) is 9.88 Å². The fraction of sp³-hybridized carbons (Fsp3) is 0.286. The van der Waals surface area contributed by atoms with E-state index in [1.807, 2.05) is 46.8 Å². The van der Waals surface area contributed by atoms with Crippen molar-refractivity contribution in [1.29, 1.82) is 0 Å².